The molecular formula is C17H11Cl3N2OS. The van der Waals surface area contributed by atoms with Gasteiger partial charge >= 0.3 is 6.03 Å². The lowest BCUT2D eigenvalue weighted by Gasteiger charge is -2.06. The first-order chi connectivity index (χ1) is 11.5. The number of amides is 2. The second-order valence-electron chi connectivity index (χ2n) is 4.88. The van der Waals surface area contributed by atoms with Crippen LogP contribution in [0.2, 0.25) is 15.1 Å². The molecule has 2 amide bonds. The van der Waals surface area contributed by atoms with E-state index in [2.05, 4.69) is 10.6 Å². The summed E-state index contributed by atoms with van der Waals surface area (Å²) < 4.78 is 0. The number of urea groups is 1. The van der Waals surface area contributed by atoms with Crippen molar-refractivity contribution in [2.75, 3.05) is 10.6 Å². The summed E-state index contributed by atoms with van der Waals surface area (Å²) in [6.07, 6.45) is 0. The molecule has 0 aliphatic rings. The standard InChI is InChI=1S/C17H11Cl3N2OS/c18-11-2-4-12(5-3-11)21-17(23)22-16-8-7-15(24-16)10-1-6-13(19)14(20)9-10/h1-9H,(H2,21,22,23). The van der Waals surface area contributed by atoms with E-state index in [-0.39, 0.29) is 6.03 Å². The first-order valence-corrected chi connectivity index (χ1v) is 8.85. The molecular weight excluding hydrogens is 387 g/mol. The Morgan fingerprint density at radius 1 is 0.833 bits per heavy atom. The lowest BCUT2D eigenvalue weighted by atomic mass is 10.2. The Morgan fingerprint density at radius 3 is 2.29 bits per heavy atom. The summed E-state index contributed by atoms with van der Waals surface area (Å²) in [5, 5.41) is 7.89. The van der Waals surface area contributed by atoms with Crippen LogP contribution in [0.15, 0.2) is 54.6 Å². The topological polar surface area (TPSA) is 41.1 Å². The average molecular weight is 398 g/mol. The first kappa shape index (κ1) is 17.1. The summed E-state index contributed by atoms with van der Waals surface area (Å²) in [5.41, 5.74) is 1.61. The molecule has 0 saturated heterocycles. The SMILES string of the molecule is O=C(Nc1ccc(Cl)cc1)Nc1ccc(-c2ccc(Cl)c(Cl)c2)s1. The van der Waals surface area contributed by atoms with Crippen molar-refractivity contribution >= 4 is 62.9 Å². The molecule has 0 aliphatic carbocycles. The minimum atomic E-state index is -0.320. The van der Waals surface area contributed by atoms with Gasteiger partial charge in [0.2, 0.25) is 0 Å². The number of anilines is 2. The van der Waals surface area contributed by atoms with E-state index in [1.54, 1.807) is 36.4 Å². The summed E-state index contributed by atoms with van der Waals surface area (Å²) in [7, 11) is 0. The minimum absolute atomic E-state index is 0.320. The van der Waals surface area contributed by atoms with Crippen LogP contribution < -0.4 is 10.6 Å². The molecule has 2 N–H and O–H groups in total. The highest BCUT2D eigenvalue weighted by atomic mass is 35.5. The van der Waals surface area contributed by atoms with Gasteiger partial charge in [-0.3, -0.25) is 5.32 Å². The summed E-state index contributed by atoms with van der Waals surface area (Å²) in [6.45, 7) is 0. The van der Waals surface area contributed by atoms with Crippen LogP contribution in [0.3, 0.4) is 0 Å². The number of carbonyl (C=O) groups is 1. The molecule has 24 heavy (non-hydrogen) atoms. The zero-order chi connectivity index (χ0) is 17.1. The maximum Gasteiger partial charge on any atom is 0.324 e. The number of rotatable bonds is 3. The maximum atomic E-state index is 12.0. The van der Waals surface area contributed by atoms with Crippen molar-refractivity contribution in [2.24, 2.45) is 0 Å². The molecule has 2 aromatic carbocycles. The van der Waals surface area contributed by atoms with Gasteiger partial charge in [-0.2, -0.15) is 0 Å². The molecule has 1 heterocycles. The fourth-order valence-electron chi connectivity index (χ4n) is 2.02. The average Bonchev–Trinajstić information content (AvgIpc) is 3.00. The van der Waals surface area contributed by atoms with Gasteiger partial charge in [0.05, 0.1) is 15.0 Å². The largest absolute Gasteiger partial charge is 0.324 e. The van der Waals surface area contributed by atoms with Crippen LogP contribution in [0.25, 0.3) is 10.4 Å². The van der Waals surface area contributed by atoms with Gasteiger partial charge in [-0.25, -0.2) is 4.79 Å². The zero-order valence-corrected chi connectivity index (χ0v) is 15.2. The van der Waals surface area contributed by atoms with Gasteiger partial charge in [0.25, 0.3) is 0 Å². The Bertz CT molecular complexity index is 878. The fraction of sp³-hybridized carbons (Fsp3) is 0. The van der Waals surface area contributed by atoms with Crippen molar-refractivity contribution in [1.29, 1.82) is 0 Å². The summed E-state index contributed by atoms with van der Waals surface area (Å²) in [4.78, 5) is 13.0. The smallest absolute Gasteiger partial charge is 0.308 e. The number of thiophene rings is 1. The van der Waals surface area contributed by atoms with Gasteiger partial charge in [-0.1, -0.05) is 40.9 Å². The molecule has 7 heteroatoms. The van der Waals surface area contributed by atoms with Crippen molar-refractivity contribution in [3.05, 3.63) is 69.7 Å². The highest BCUT2D eigenvalue weighted by Gasteiger charge is 2.08. The Balaban J connectivity index is 1.68. The van der Waals surface area contributed by atoms with Crippen LogP contribution in [-0.4, -0.2) is 6.03 Å². The van der Waals surface area contributed by atoms with Crippen molar-refractivity contribution in [1.82, 2.24) is 0 Å². The second-order valence-corrected chi connectivity index (χ2v) is 7.21. The molecule has 1 aromatic heterocycles. The van der Waals surface area contributed by atoms with Crippen molar-refractivity contribution in [2.45, 2.75) is 0 Å². The van der Waals surface area contributed by atoms with E-state index in [1.807, 2.05) is 18.2 Å². The van der Waals surface area contributed by atoms with E-state index >= 15 is 0 Å². The minimum Gasteiger partial charge on any atom is -0.308 e. The molecule has 3 nitrogen and oxygen atoms in total. The van der Waals surface area contributed by atoms with Crippen LogP contribution >= 0.6 is 46.1 Å². The Hall–Kier alpha value is -1.72. The summed E-state index contributed by atoms with van der Waals surface area (Å²) >= 11 is 19.2. The lowest BCUT2D eigenvalue weighted by molar-refractivity contribution is 0.262. The normalized spacial score (nSPS) is 10.5. The Morgan fingerprint density at radius 2 is 1.58 bits per heavy atom. The molecule has 0 fully saturated rings. The lowest BCUT2D eigenvalue weighted by Crippen LogP contribution is -2.18. The highest BCUT2D eigenvalue weighted by molar-refractivity contribution is 7.19. The Labute approximate surface area is 158 Å². The highest BCUT2D eigenvalue weighted by Crippen LogP contribution is 2.34. The number of hydrogen-bond acceptors (Lipinski definition) is 2. The van der Waals surface area contributed by atoms with E-state index < -0.39 is 0 Å². The molecule has 3 aromatic rings. The monoisotopic (exact) mass is 396 g/mol. The van der Waals surface area contributed by atoms with Crippen LogP contribution in [0.1, 0.15) is 0 Å². The third kappa shape index (κ3) is 4.22. The second kappa shape index (κ2) is 7.45. The van der Waals surface area contributed by atoms with Crippen LogP contribution in [0.4, 0.5) is 15.5 Å². The van der Waals surface area contributed by atoms with E-state index in [1.165, 1.54) is 11.3 Å². The van der Waals surface area contributed by atoms with Crippen molar-refractivity contribution < 1.29 is 4.79 Å². The molecule has 0 bridgehead atoms. The van der Waals surface area contributed by atoms with E-state index in [4.69, 9.17) is 34.8 Å². The summed E-state index contributed by atoms with van der Waals surface area (Å²) in [5.74, 6) is 0. The van der Waals surface area contributed by atoms with E-state index in [0.717, 1.165) is 15.4 Å². The number of halogens is 3. The fourth-order valence-corrected chi connectivity index (χ4v) is 3.34. The molecule has 0 saturated carbocycles. The van der Waals surface area contributed by atoms with Crippen LogP contribution in [-0.2, 0) is 0 Å². The van der Waals surface area contributed by atoms with Gasteiger partial charge in [0, 0.05) is 15.6 Å². The number of nitrogens with one attached hydrogen (secondary N) is 2. The predicted molar refractivity (Wildman–Crippen MR) is 104 cm³/mol. The third-order valence-electron chi connectivity index (χ3n) is 3.15. The quantitative estimate of drug-likeness (QED) is 0.490. The van der Waals surface area contributed by atoms with E-state index in [9.17, 15) is 4.79 Å². The molecule has 0 aliphatic heterocycles. The molecule has 122 valence electrons. The van der Waals surface area contributed by atoms with Gasteiger partial charge < -0.3 is 5.32 Å². The first-order valence-electron chi connectivity index (χ1n) is 6.90. The molecule has 0 radical (unpaired) electrons. The van der Waals surface area contributed by atoms with Crippen LogP contribution in [0, 0.1) is 0 Å². The van der Waals surface area contributed by atoms with Crippen LogP contribution in [0.5, 0.6) is 0 Å². The van der Waals surface area contributed by atoms with Gasteiger partial charge in [0.1, 0.15) is 0 Å². The maximum absolute atomic E-state index is 12.0. The molecule has 0 atom stereocenters. The van der Waals surface area contributed by atoms with Gasteiger partial charge in [-0.15, -0.1) is 11.3 Å². The molecule has 0 unspecified atom stereocenters. The number of carbonyl (C=O) groups excluding carboxylic acids is 1. The summed E-state index contributed by atoms with van der Waals surface area (Å²) in [6, 6.07) is 15.8. The third-order valence-corrected chi connectivity index (χ3v) is 5.19. The number of hydrogen-bond donors (Lipinski definition) is 2. The molecule has 0 spiro atoms. The van der Waals surface area contributed by atoms with Crippen molar-refractivity contribution in [3.63, 3.8) is 0 Å². The predicted octanol–water partition coefficient (Wildman–Crippen LogP) is 7.02. The zero-order valence-electron chi connectivity index (χ0n) is 12.1. The van der Waals surface area contributed by atoms with E-state index in [0.29, 0.717) is 20.8 Å². The van der Waals surface area contributed by atoms with Crippen molar-refractivity contribution in [3.8, 4) is 10.4 Å². The Kier molecular flexibility index (Phi) is 5.31. The number of benzene rings is 2. The van der Waals surface area contributed by atoms with Gasteiger partial charge in [0.15, 0.2) is 0 Å². The van der Waals surface area contributed by atoms with Gasteiger partial charge in [-0.05, 0) is 54.1 Å². The molecule has 3 rings (SSSR count).